The van der Waals surface area contributed by atoms with Crippen LogP contribution in [0.25, 0.3) is 0 Å². The van der Waals surface area contributed by atoms with Gasteiger partial charge < -0.3 is 19.7 Å². The van der Waals surface area contributed by atoms with Gasteiger partial charge in [-0.2, -0.15) is 0 Å². The van der Waals surface area contributed by atoms with Gasteiger partial charge in [-0.15, -0.1) is 0 Å². The number of carbonyl (C=O) groups is 2. The van der Waals surface area contributed by atoms with Gasteiger partial charge in [0.05, 0.1) is 13.2 Å². The molecular formula is C52H94NO8P. The molecule has 0 heterocycles. The molecule has 0 saturated carbocycles. The van der Waals surface area contributed by atoms with Crippen LogP contribution >= 0.6 is 7.82 Å². The highest BCUT2D eigenvalue weighted by Gasteiger charge is 2.26. The number of nitrogens with one attached hydrogen (secondary N) is 1. The third-order valence-electron chi connectivity index (χ3n) is 10.7. The maximum absolute atomic E-state index is 12.7. The molecule has 2 N–H and O–H groups in total. The van der Waals surface area contributed by atoms with Gasteiger partial charge in [-0.3, -0.25) is 18.6 Å². The largest absolute Gasteiger partial charge is 0.472 e. The van der Waals surface area contributed by atoms with Crippen molar-refractivity contribution >= 4 is 19.8 Å². The average molecular weight is 892 g/mol. The van der Waals surface area contributed by atoms with Crippen molar-refractivity contribution in [1.29, 1.82) is 0 Å². The Labute approximate surface area is 381 Å². The summed E-state index contributed by atoms with van der Waals surface area (Å²) in [6, 6.07) is 0. The molecule has 2 atom stereocenters. The Hall–Kier alpha value is -2.29. The summed E-state index contributed by atoms with van der Waals surface area (Å²) < 4.78 is 33.3. The molecule has 0 aliphatic rings. The summed E-state index contributed by atoms with van der Waals surface area (Å²) in [5.74, 6) is -0.839. The fourth-order valence-corrected chi connectivity index (χ4v) is 7.63. The zero-order valence-electron chi connectivity index (χ0n) is 40.1. The first-order valence-corrected chi connectivity index (χ1v) is 26.7. The fourth-order valence-electron chi connectivity index (χ4n) is 6.87. The summed E-state index contributed by atoms with van der Waals surface area (Å²) in [7, 11) is -2.67. The summed E-state index contributed by atoms with van der Waals surface area (Å²) in [5.41, 5.74) is 0. The number of carbonyl (C=O) groups excluding carboxylic acids is 2. The lowest BCUT2D eigenvalue weighted by Crippen LogP contribution is -2.29. The smallest absolute Gasteiger partial charge is 0.462 e. The van der Waals surface area contributed by atoms with Crippen LogP contribution < -0.4 is 5.32 Å². The Balaban J connectivity index is 4.16. The van der Waals surface area contributed by atoms with E-state index >= 15 is 0 Å². The van der Waals surface area contributed by atoms with Gasteiger partial charge in [0.25, 0.3) is 0 Å². The lowest BCUT2D eigenvalue weighted by molar-refractivity contribution is -0.161. The van der Waals surface area contributed by atoms with Gasteiger partial charge in [0, 0.05) is 19.4 Å². The van der Waals surface area contributed by atoms with E-state index in [9.17, 15) is 19.0 Å². The molecule has 0 aliphatic carbocycles. The van der Waals surface area contributed by atoms with Crippen LogP contribution in [0.5, 0.6) is 0 Å². The van der Waals surface area contributed by atoms with E-state index in [4.69, 9.17) is 18.5 Å². The molecule has 0 aromatic rings. The van der Waals surface area contributed by atoms with Crippen molar-refractivity contribution < 1.29 is 37.6 Å². The SMILES string of the molecule is CC/C=C\C/C=C\C/C=C\C/C=C\C/C=C\CCCCCC(=O)OC(COC(=O)CCCCCCCCCCCCCCCCCCCCCCC)COP(=O)(O)OCCNC. The van der Waals surface area contributed by atoms with Crippen LogP contribution in [0.4, 0.5) is 0 Å². The van der Waals surface area contributed by atoms with E-state index in [2.05, 4.69) is 79.9 Å². The quantitative estimate of drug-likeness (QED) is 0.0266. The van der Waals surface area contributed by atoms with E-state index in [0.717, 1.165) is 70.6 Å². The predicted molar refractivity (Wildman–Crippen MR) is 261 cm³/mol. The summed E-state index contributed by atoms with van der Waals surface area (Å²) >= 11 is 0. The first-order valence-electron chi connectivity index (χ1n) is 25.2. The van der Waals surface area contributed by atoms with E-state index < -0.39 is 26.5 Å². The number of phosphoric acid groups is 1. The highest BCUT2D eigenvalue weighted by atomic mass is 31.2. The molecule has 62 heavy (non-hydrogen) atoms. The second-order valence-corrected chi connectivity index (χ2v) is 18.1. The van der Waals surface area contributed by atoms with E-state index in [0.29, 0.717) is 13.0 Å². The van der Waals surface area contributed by atoms with Gasteiger partial charge in [-0.1, -0.05) is 209 Å². The molecule has 0 aliphatic heterocycles. The molecule has 0 spiro atoms. The number of ether oxygens (including phenoxy) is 2. The molecule has 0 amide bonds. The number of hydrogen-bond donors (Lipinski definition) is 2. The number of unbranched alkanes of at least 4 members (excludes halogenated alkanes) is 23. The standard InChI is InChI=1S/C52H94NO8P/c1-4-6-8-10-12-14-16-18-20-22-24-25-27-28-30-32-34-36-38-40-42-44-51(54)58-48-50(49-60-62(56,57)59-47-46-53-3)61-52(55)45-43-41-39-37-35-33-31-29-26-23-21-19-17-15-13-11-9-7-5-2/h7,9,13,15,19,21,26,29,33,35,50,53H,4-6,8,10-12,14,16-18,20,22-25,27-28,30-32,34,36-49H2,1-3H3,(H,56,57)/b9-7-,15-13-,21-19-,29-26-,35-33-. The van der Waals surface area contributed by atoms with E-state index in [1.165, 1.54) is 116 Å². The molecule has 0 bridgehead atoms. The molecule has 0 saturated heterocycles. The minimum atomic E-state index is -4.37. The summed E-state index contributed by atoms with van der Waals surface area (Å²) in [6.45, 7) is 4.10. The van der Waals surface area contributed by atoms with Gasteiger partial charge in [-0.25, -0.2) is 4.57 Å². The zero-order chi connectivity index (χ0) is 45.3. The minimum Gasteiger partial charge on any atom is -0.462 e. The van der Waals surface area contributed by atoms with Crippen molar-refractivity contribution in [2.45, 2.75) is 225 Å². The molecule has 10 heteroatoms. The van der Waals surface area contributed by atoms with E-state index in [1.54, 1.807) is 7.05 Å². The topological polar surface area (TPSA) is 120 Å². The van der Waals surface area contributed by atoms with Crippen LogP contribution in [-0.2, 0) is 32.7 Å². The van der Waals surface area contributed by atoms with Crippen LogP contribution in [0.2, 0.25) is 0 Å². The third-order valence-corrected chi connectivity index (χ3v) is 11.6. The molecule has 0 aromatic heterocycles. The molecule has 0 fully saturated rings. The Morgan fingerprint density at radius 3 is 1.37 bits per heavy atom. The zero-order valence-corrected chi connectivity index (χ0v) is 41.0. The predicted octanol–water partition coefficient (Wildman–Crippen LogP) is 15.1. The second-order valence-electron chi connectivity index (χ2n) is 16.6. The molecule has 9 nitrogen and oxygen atoms in total. The number of rotatable bonds is 47. The van der Waals surface area contributed by atoms with Gasteiger partial charge in [0.2, 0.25) is 0 Å². The van der Waals surface area contributed by atoms with Crippen LogP contribution in [0.15, 0.2) is 60.8 Å². The van der Waals surface area contributed by atoms with E-state index in [-0.39, 0.29) is 32.0 Å². The molecule has 0 aromatic carbocycles. The van der Waals surface area contributed by atoms with Crippen LogP contribution in [0.3, 0.4) is 0 Å². The molecular weight excluding hydrogens is 798 g/mol. The Kier molecular flexibility index (Phi) is 46.4. The second kappa shape index (κ2) is 48.2. The van der Waals surface area contributed by atoms with Crippen LogP contribution in [0.1, 0.15) is 219 Å². The number of allylic oxidation sites excluding steroid dienone is 10. The van der Waals surface area contributed by atoms with Crippen molar-refractivity contribution in [1.82, 2.24) is 5.32 Å². The average Bonchev–Trinajstić information content (AvgIpc) is 3.26. The Bertz CT molecular complexity index is 1200. The highest BCUT2D eigenvalue weighted by Crippen LogP contribution is 2.43. The first-order chi connectivity index (χ1) is 30.3. The fraction of sp³-hybridized carbons (Fsp3) is 0.769. The molecule has 360 valence electrons. The first kappa shape index (κ1) is 59.7. The van der Waals surface area contributed by atoms with Gasteiger partial charge in [0.1, 0.15) is 6.61 Å². The van der Waals surface area contributed by atoms with Crippen molar-refractivity contribution in [3.63, 3.8) is 0 Å². The normalized spacial score (nSPS) is 13.7. The van der Waals surface area contributed by atoms with Crippen LogP contribution in [-0.4, -0.2) is 56.3 Å². The number of phosphoric ester groups is 1. The lowest BCUT2D eigenvalue weighted by Gasteiger charge is -2.20. The maximum Gasteiger partial charge on any atom is 0.472 e. The van der Waals surface area contributed by atoms with Crippen molar-refractivity contribution in [3.05, 3.63) is 60.8 Å². The van der Waals surface area contributed by atoms with Crippen molar-refractivity contribution in [3.8, 4) is 0 Å². The summed E-state index contributed by atoms with van der Waals surface area (Å²) in [4.78, 5) is 35.2. The number of hydrogen-bond acceptors (Lipinski definition) is 8. The van der Waals surface area contributed by atoms with Crippen LogP contribution in [0, 0.1) is 0 Å². The Morgan fingerprint density at radius 2 is 0.919 bits per heavy atom. The molecule has 0 radical (unpaired) electrons. The lowest BCUT2D eigenvalue weighted by atomic mass is 10.0. The maximum atomic E-state index is 12.7. The van der Waals surface area contributed by atoms with Gasteiger partial charge >= 0.3 is 19.8 Å². The van der Waals surface area contributed by atoms with Gasteiger partial charge in [0.15, 0.2) is 6.10 Å². The number of likely N-dealkylation sites (N-methyl/N-ethyl adjacent to an activating group) is 1. The molecule has 2 unspecified atom stereocenters. The monoisotopic (exact) mass is 892 g/mol. The van der Waals surface area contributed by atoms with Crippen molar-refractivity contribution in [2.75, 3.05) is 33.4 Å². The third kappa shape index (κ3) is 47.2. The minimum absolute atomic E-state index is 0.0250. The molecule has 0 rings (SSSR count). The number of esters is 2. The van der Waals surface area contributed by atoms with Gasteiger partial charge in [-0.05, 0) is 64.8 Å². The highest BCUT2D eigenvalue weighted by molar-refractivity contribution is 7.47. The summed E-state index contributed by atoms with van der Waals surface area (Å²) in [6.07, 6.45) is 57.0. The summed E-state index contributed by atoms with van der Waals surface area (Å²) in [5, 5.41) is 2.83. The van der Waals surface area contributed by atoms with E-state index in [1.807, 2.05) is 0 Å². The van der Waals surface area contributed by atoms with Crippen molar-refractivity contribution in [2.24, 2.45) is 0 Å². The Morgan fingerprint density at radius 1 is 0.516 bits per heavy atom.